The molecule has 29 heavy (non-hydrogen) atoms. The van der Waals surface area contributed by atoms with Crippen molar-refractivity contribution in [2.24, 2.45) is 11.8 Å². The van der Waals surface area contributed by atoms with Gasteiger partial charge in [-0.15, -0.1) is 5.10 Å². The molecule has 1 aromatic rings. The van der Waals surface area contributed by atoms with Crippen molar-refractivity contribution in [3.05, 3.63) is 11.9 Å². The number of nitrogens with two attached hydrogens (primary N) is 1. The molecule has 0 spiro atoms. The van der Waals surface area contributed by atoms with Gasteiger partial charge in [0.2, 0.25) is 5.91 Å². The van der Waals surface area contributed by atoms with E-state index in [2.05, 4.69) is 15.7 Å². The first kappa shape index (κ1) is 21.5. The highest BCUT2D eigenvalue weighted by atomic mass is 19.1. The topological polar surface area (TPSA) is 115 Å². The fourth-order valence-corrected chi connectivity index (χ4v) is 4.01. The number of amides is 2. The monoisotopic (exact) mass is 410 g/mol. The number of likely N-dealkylation sites (tertiary alicyclic amines) is 1. The third-order valence-electron chi connectivity index (χ3n) is 5.76. The molecule has 0 aromatic carbocycles. The smallest absolute Gasteiger partial charge is 0.410 e. The van der Waals surface area contributed by atoms with Gasteiger partial charge in [-0.2, -0.15) is 0 Å². The molecule has 2 heterocycles. The number of carbonyl (C=O) groups excluding carboxylic acids is 2. The maximum Gasteiger partial charge on any atom is 0.410 e. The van der Waals surface area contributed by atoms with E-state index in [0.29, 0.717) is 18.5 Å². The van der Waals surface area contributed by atoms with E-state index in [1.54, 1.807) is 10.9 Å². The number of hydrogen-bond acceptors (Lipinski definition) is 6. The van der Waals surface area contributed by atoms with E-state index in [1.807, 2.05) is 20.8 Å². The van der Waals surface area contributed by atoms with Gasteiger partial charge in [0.1, 0.15) is 11.3 Å². The number of halogens is 1. The summed E-state index contributed by atoms with van der Waals surface area (Å²) in [6, 6.07) is 0.100. The second-order valence-electron chi connectivity index (χ2n) is 9.03. The predicted molar refractivity (Wildman–Crippen MR) is 103 cm³/mol. The molecular weight excluding hydrogens is 379 g/mol. The maximum atomic E-state index is 15.5. The van der Waals surface area contributed by atoms with Gasteiger partial charge >= 0.3 is 6.09 Å². The van der Waals surface area contributed by atoms with Gasteiger partial charge in [-0.05, 0) is 46.5 Å². The Balaban J connectivity index is 1.57. The zero-order chi connectivity index (χ0) is 21.2. The first-order valence-electron chi connectivity index (χ1n) is 10.2. The Morgan fingerprint density at radius 3 is 2.41 bits per heavy atom. The summed E-state index contributed by atoms with van der Waals surface area (Å²) < 4.78 is 22.6. The van der Waals surface area contributed by atoms with Crippen molar-refractivity contribution < 1.29 is 18.7 Å². The predicted octanol–water partition coefficient (Wildman–Crippen LogP) is 2.19. The standard InChI is InChI=1S/C19H31FN6O3/c1-18(2,3)29-17(28)25-10-8-19(20,9-11-25)15-12-26(24-23-15)14-6-4-13(5-7-14)16(27)22-21/h12-14H,4-11,21H2,1-3H3,(H,22,27). The Morgan fingerprint density at radius 2 is 1.86 bits per heavy atom. The first-order chi connectivity index (χ1) is 13.6. The molecule has 9 nitrogen and oxygen atoms in total. The van der Waals surface area contributed by atoms with Crippen LogP contribution in [0.2, 0.25) is 0 Å². The van der Waals surface area contributed by atoms with Crippen LogP contribution in [0.5, 0.6) is 0 Å². The molecule has 0 atom stereocenters. The number of ether oxygens (including phenoxy) is 1. The molecule has 3 N–H and O–H groups in total. The van der Waals surface area contributed by atoms with Crippen molar-refractivity contribution in [2.45, 2.75) is 76.6 Å². The number of hydrogen-bond donors (Lipinski definition) is 2. The van der Waals surface area contributed by atoms with Crippen molar-refractivity contribution in [3.8, 4) is 0 Å². The zero-order valence-electron chi connectivity index (χ0n) is 17.4. The molecule has 10 heteroatoms. The number of nitrogens with zero attached hydrogens (tertiary/aromatic N) is 4. The molecule has 2 amide bonds. The van der Waals surface area contributed by atoms with Crippen LogP contribution in [0.25, 0.3) is 0 Å². The molecule has 1 aliphatic carbocycles. The second kappa shape index (κ2) is 8.25. The van der Waals surface area contributed by atoms with Gasteiger partial charge in [0.05, 0.1) is 12.2 Å². The molecule has 0 unspecified atom stereocenters. The average molecular weight is 410 g/mol. The van der Waals surface area contributed by atoms with Crippen LogP contribution >= 0.6 is 0 Å². The van der Waals surface area contributed by atoms with Crippen molar-refractivity contribution in [3.63, 3.8) is 0 Å². The van der Waals surface area contributed by atoms with E-state index >= 15 is 4.39 Å². The Labute approximate surface area is 170 Å². The molecule has 0 radical (unpaired) electrons. The van der Waals surface area contributed by atoms with Gasteiger partial charge in [0, 0.05) is 31.8 Å². The molecule has 3 rings (SSSR count). The lowest BCUT2D eigenvalue weighted by molar-refractivity contribution is -0.126. The fourth-order valence-electron chi connectivity index (χ4n) is 4.01. The van der Waals surface area contributed by atoms with Crippen molar-refractivity contribution in [1.82, 2.24) is 25.3 Å². The lowest BCUT2D eigenvalue weighted by Crippen LogP contribution is -2.45. The van der Waals surface area contributed by atoms with E-state index < -0.39 is 17.4 Å². The van der Waals surface area contributed by atoms with E-state index in [9.17, 15) is 9.59 Å². The zero-order valence-corrected chi connectivity index (χ0v) is 17.4. The molecule has 162 valence electrons. The molecule has 1 aromatic heterocycles. The summed E-state index contributed by atoms with van der Waals surface area (Å²) in [7, 11) is 0. The number of carbonyl (C=O) groups is 2. The quantitative estimate of drug-likeness (QED) is 0.448. The molecule has 2 aliphatic rings. The van der Waals surface area contributed by atoms with Gasteiger partial charge < -0.3 is 9.64 Å². The van der Waals surface area contributed by atoms with Crippen LogP contribution in [-0.4, -0.2) is 50.6 Å². The molecule has 2 fully saturated rings. The molecular formula is C19H31FN6O3. The minimum Gasteiger partial charge on any atom is -0.444 e. The summed E-state index contributed by atoms with van der Waals surface area (Å²) >= 11 is 0. The molecule has 0 bridgehead atoms. The number of rotatable bonds is 3. The Hall–Kier alpha value is -2.23. The van der Waals surface area contributed by atoms with Crippen LogP contribution in [0.4, 0.5) is 9.18 Å². The number of aromatic nitrogens is 3. The van der Waals surface area contributed by atoms with E-state index in [1.165, 1.54) is 4.90 Å². The minimum absolute atomic E-state index is 0.0797. The number of alkyl halides is 1. The molecule has 1 saturated carbocycles. The van der Waals surface area contributed by atoms with Crippen molar-refractivity contribution in [2.75, 3.05) is 13.1 Å². The average Bonchev–Trinajstić information content (AvgIpc) is 3.18. The number of nitrogens with one attached hydrogen (secondary N) is 1. The lowest BCUT2D eigenvalue weighted by atomic mass is 9.85. The van der Waals surface area contributed by atoms with E-state index in [-0.39, 0.29) is 43.8 Å². The lowest BCUT2D eigenvalue weighted by Gasteiger charge is -2.36. The van der Waals surface area contributed by atoms with Gasteiger partial charge in [0.25, 0.3) is 0 Å². The Bertz CT molecular complexity index is 731. The highest BCUT2D eigenvalue weighted by Crippen LogP contribution is 2.38. The van der Waals surface area contributed by atoms with Gasteiger partial charge in [-0.1, -0.05) is 5.21 Å². The minimum atomic E-state index is -1.60. The third kappa shape index (κ3) is 5.04. The highest BCUT2D eigenvalue weighted by molar-refractivity contribution is 5.78. The van der Waals surface area contributed by atoms with Gasteiger partial charge in [-0.3, -0.25) is 10.2 Å². The van der Waals surface area contributed by atoms with E-state index in [0.717, 1.165) is 12.8 Å². The Kier molecular flexibility index (Phi) is 6.11. The van der Waals surface area contributed by atoms with Crippen LogP contribution in [0, 0.1) is 5.92 Å². The maximum absolute atomic E-state index is 15.5. The van der Waals surface area contributed by atoms with Gasteiger partial charge in [-0.25, -0.2) is 19.7 Å². The third-order valence-corrected chi connectivity index (χ3v) is 5.76. The second-order valence-corrected chi connectivity index (χ2v) is 9.03. The number of piperidine rings is 1. The normalized spacial score (nSPS) is 24.8. The van der Waals surface area contributed by atoms with Crippen LogP contribution in [0.3, 0.4) is 0 Å². The summed E-state index contributed by atoms with van der Waals surface area (Å²) in [4.78, 5) is 25.4. The number of hydrazine groups is 1. The van der Waals surface area contributed by atoms with Crippen molar-refractivity contribution >= 4 is 12.0 Å². The SMILES string of the molecule is CC(C)(C)OC(=O)N1CCC(F)(c2cn(C3CCC(C(=O)NN)CC3)nn2)CC1. The Morgan fingerprint density at radius 1 is 1.24 bits per heavy atom. The summed E-state index contributed by atoms with van der Waals surface area (Å²) in [5, 5.41) is 8.24. The van der Waals surface area contributed by atoms with Crippen molar-refractivity contribution in [1.29, 1.82) is 0 Å². The van der Waals surface area contributed by atoms with Crippen LogP contribution < -0.4 is 11.3 Å². The summed E-state index contributed by atoms with van der Waals surface area (Å²) in [6.07, 6.45) is 4.56. The summed E-state index contributed by atoms with van der Waals surface area (Å²) in [5.41, 5.74) is 0.334. The largest absolute Gasteiger partial charge is 0.444 e. The van der Waals surface area contributed by atoms with Gasteiger partial charge in [0.15, 0.2) is 5.67 Å². The highest BCUT2D eigenvalue weighted by Gasteiger charge is 2.41. The first-order valence-corrected chi connectivity index (χ1v) is 10.2. The van der Waals surface area contributed by atoms with E-state index in [4.69, 9.17) is 10.6 Å². The molecule has 1 aliphatic heterocycles. The molecule has 1 saturated heterocycles. The van der Waals surface area contributed by atoms with Crippen LogP contribution in [0.15, 0.2) is 6.20 Å². The van der Waals surface area contributed by atoms with Crippen LogP contribution in [-0.2, 0) is 15.2 Å². The summed E-state index contributed by atoms with van der Waals surface area (Å²) in [5.74, 6) is 4.99. The fraction of sp³-hybridized carbons (Fsp3) is 0.789. The summed E-state index contributed by atoms with van der Waals surface area (Å²) in [6.45, 7) is 5.97. The van der Waals surface area contributed by atoms with Crippen LogP contribution in [0.1, 0.15) is 71.0 Å².